The van der Waals surface area contributed by atoms with Crippen molar-refractivity contribution in [2.24, 2.45) is 0 Å². The molecule has 6 rings (SSSR count). The van der Waals surface area contributed by atoms with Crippen molar-refractivity contribution in [1.29, 1.82) is 0 Å². The van der Waals surface area contributed by atoms with Gasteiger partial charge >= 0.3 is 24.5 Å². The normalized spacial score (nSPS) is 17.9. The van der Waals surface area contributed by atoms with Crippen LogP contribution in [0.25, 0.3) is 22.2 Å². The molecule has 10 nitrogen and oxygen atoms in total. The molecule has 0 radical (unpaired) electrons. The first kappa shape index (κ1) is 36.7. The fraction of sp³-hybridized carbons (Fsp3) is 0.429. The first-order valence-corrected chi connectivity index (χ1v) is 16.2. The van der Waals surface area contributed by atoms with Crippen molar-refractivity contribution in [2.45, 2.75) is 76.4 Å². The van der Waals surface area contributed by atoms with Gasteiger partial charge in [0.05, 0.1) is 36.8 Å². The van der Waals surface area contributed by atoms with Crippen LogP contribution in [0.2, 0.25) is 0 Å². The van der Waals surface area contributed by atoms with Crippen LogP contribution < -0.4 is 9.64 Å². The summed E-state index contributed by atoms with van der Waals surface area (Å²) in [6.07, 6.45) is -14.0. The molecule has 17 heteroatoms. The number of halogens is 7. The average Bonchev–Trinajstić information content (AvgIpc) is 3.41. The summed E-state index contributed by atoms with van der Waals surface area (Å²) in [5.74, 6) is 0.112. The molecule has 0 aliphatic carbocycles. The van der Waals surface area contributed by atoms with Gasteiger partial charge in [0.25, 0.3) is 0 Å². The van der Waals surface area contributed by atoms with Crippen molar-refractivity contribution in [3.63, 3.8) is 0 Å². The van der Waals surface area contributed by atoms with Gasteiger partial charge in [0.2, 0.25) is 6.10 Å². The topological polar surface area (TPSA) is 99.0 Å². The molecular weight excluding hydrogens is 703 g/mol. The highest BCUT2D eigenvalue weighted by atomic mass is 19.4. The largest absolute Gasteiger partial charge is 0.497 e. The molecule has 4 aromatic rings. The second-order valence-corrected chi connectivity index (χ2v) is 13.7. The molecule has 0 unspecified atom stereocenters. The summed E-state index contributed by atoms with van der Waals surface area (Å²) in [5, 5.41) is 4.43. The maximum Gasteiger partial charge on any atom is 0.430 e. The minimum absolute atomic E-state index is 0.00396. The second kappa shape index (κ2) is 13.2. The van der Waals surface area contributed by atoms with Gasteiger partial charge in [-0.25, -0.2) is 19.0 Å². The number of hydrogen-bond acceptors (Lipinski definition) is 7. The van der Waals surface area contributed by atoms with Gasteiger partial charge in [0.1, 0.15) is 28.5 Å². The van der Waals surface area contributed by atoms with E-state index in [4.69, 9.17) is 14.2 Å². The Labute approximate surface area is 293 Å². The molecule has 2 aliphatic rings. The highest BCUT2D eigenvalue weighted by molar-refractivity contribution is 5.98. The van der Waals surface area contributed by atoms with Crippen molar-refractivity contribution < 1.29 is 54.5 Å². The van der Waals surface area contributed by atoms with E-state index in [0.29, 0.717) is 11.3 Å². The molecular formula is C35H34F7N5O5. The smallest absolute Gasteiger partial charge is 0.430 e. The number of aromatic nitrogens is 3. The van der Waals surface area contributed by atoms with E-state index in [-0.39, 0.29) is 54.6 Å². The number of amides is 2. The third-order valence-corrected chi connectivity index (χ3v) is 8.80. The fourth-order valence-electron chi connectivity index (χ4n) is 6.25. The van der Waals surface area contributed by atoms with Crippen LogP contribution in [0.15, 0.2) is 54.7 Å². The minimum atomic E-state index is -5.12. The zero-order valence-electron chi connectivity index (χ0n) is 28.4. The summed E-state index contributed by atoms with van der Waals surface area (Å²) in [7, 11) is 1.45. The van der Waals surface area contributed by atoms with Gasteiger partial charge in [-0.1, -0.05) is 12.1 Å². The van der Waals surface area contributed by atoms with Crippen LogP contribution in [0.5, 0.6) is 5.75 Å². The van der Waals surface area contributed by atoms with E-state index in [1.807, 2.05) is 0 Å². The van der Waals surface area contributed by atoms with Crippen molar-refractivity contribution in [3.8, 4) is 17.0 Å². The fourth-order valence-corrected chi connectivity index (χ4v) is 6.25. The number of anilines is 1. The maximum atomic E-state index is 16.5. The van der Waals surface area contributed by atoms with Crippen LogP contribution in [0.3, 0.4) is 0 Å². The molecule has 4 heterocycles. The molecule has 0 N–H and O–H groups in total. The molecule has 0 spiro atoms. The molecule has 2 amide bonds. The van der Waals surface area contributed by atoms with E-state index in [1.165, 1.54) is 18.1 Å². The number of hydrogen-bond donors (Lipinski definition) is 0. The summed E-state index contributed by atoms with van der Waals surface area (Å²) in [4.78, 5) is 32.0. The number of likely N-dealkylation sites (tertiary alicyclic amines) is 1. The summed E-state index contributed by atoms with van der Waals surface area (Å²) in [6.45, 7) is 4.14. The third kappa shape index (κ3) is 7.44. The summed E-state index contributed by atoms with van der Waals surface area (Å²) in [6, 6.07) is 10.2. The monoisotopic (exact) mass is 737 g/mol. The number of cyclic esters (lactones) is 1. The number of methoxy groups -OCH3 is 1. The Morgan fingerprint density at radius 2 is 1.67 bits per heavy atom. The van der Waals surface area contributed by atoms with Crippen molar-refractivity contribution in [2.75, 3.05) is 25.1 Å². The van der Waals surface area contributed by atoms with Gasteiger partial charge in [-0.3, -0.25) is 9.58 Å². The summed E-state index contributed by atoms with van der Waals surface area (Å²) >= 11 is 0. The van der Waals surface area contributed by atoms with E-state index >= 15 is 4.39 Å². The Morgan fingerprint density at radius 1 is 1.00 bits per heavy atom. The van der Waals surface area contributed by atoms with Crippen LogP contribution in [0, 0.1) is 0 Å². The lowest BCUT2D eigenvalue weighted by Crippen LogP contribution is -2.47. The van der Waals surface area contributed by atoms with Gasteiger partial charge in [-0.2, -0.15) is 31.4 Å². The third-order valence-electron chi connectivity index (χ3n) is 8.80. The zero-order valence-corrected chi connectivity index (χ0v) is 28.4. The van der Waals surface area contributed by atoms with Crippen LogP contribution in [0.4, 0.5) is 46.1 Å². The zero-order chi connectivity index (χ0) is 37.8. The van der Waals surface area contributed by atoms with Crippen LogP contribution >= 0.6 is 0 Å². The molecule has 1 saturated heterocycles. The molecule has 0 saturated carbocycles. The van der Waals surface area contributed by atoms with E-state index in [2.05, 4.69) is 10.1 Å². The van der Waals surface area contributed by atoms with Crippen molar-refractivity contribution in [3.05, 3.63) is 71.4 Å². The molecule has 2 aromatic carbocycles. The number of carbonyl (C=O) groups excluding carboxylic acids is 2. The van der Waals surface area contributed by atoms with Crippen LogP contribution in [-0.2, 0) is 28.7 Å². The van der Waals surface area contributed by atoms with Gasteiger partial charge in [0.15, 0.2) is 0 Å². The number of ether oxygens (including phenoxy) is 3. The highest BCUT2D eigenvalue weighted by Crippen LogP contribution is 2.49. The lowest BCUT2D eigenvalue weighted by Gasteiger charge is -2.37. The number of carbonyl (C=O) groups is 2. The predicted octanol–water partition coefficient (Wildman–Crippen LogP) is 8.63. The number of pyridine rings is 1. The minimum Gasteiger partial charge on any atom is -0.497 e. The molecule has 2 aliphatic heterocycles. The first-order valence-electron chi connectivity index (χ1n) is 16.2. The van der Waals surface area contributed by atoms with E-state index in [0.717, 1.165) is 34.0 Å². The van der Waals surface area contributed by atoms with Gasteiger partial charge in [-0.05, 0) is 62.7 Å². The van der Waals surface area contributed by atoms with E-state index < -0.39 is 65.4 Å². The Balaban J connectivity index is 1.43. The molecule has 1 fully saturated rings. The van der Waals surface area contributed by atoms with Gasteiger partial charge in [0, 0.05) is 43.1 Å². The Bertz CT molecular complexity index is 1980. The number of benzene rings is 2. The summed E-state index contributed by atoms with van der Waals surface area (Å²) < 4.78 is 118. The van der Waals surface area contributed by atoms with Gasteiger partial charge < -0.3 is 19.1 Å². The van der Waals surface area contributed by atoms with E-state index in [9.17, 15) is 35.9 Å². The number of alkyl halides is 7. The Kier molecular flexibility index (Phi) is 9.28. The van der Waals surface area contributed by atoms with Crippen LogP contribution in [-0.4, -0.2) is 69.5 Å². The second-order valence-electron chi connectivity index (χ2n) is 13.7. The molecule has 1 atom stereocenters. The van der Waals surface area contributed by atoms with E-state index in [1.54, 1.807) is 45.0 Å². The lowest BCUT2D eigenvalue weighted by molar-refractivity contribution is -0.207. The molecule has 278 valence electrons. The maximum absolute atomic E-state index is 16.5. The lowest BCUT2D eigenvalue weighted by atomic mass is 9.93. The number of nitrogens with zero attached hydrogens (tertiary/aromatic N) is 5. The average molecular weight is 738 g/mol. The number of fused-ring (bicyclic) bond motifs is 2. The number of rotatable bonds is 6. The predicted molar refractivity (Wildman–Crippen MR) is 173 cm³/mol. The van der Waals surface area contributed by atoms with Crippen molar-refractivity contribution >= 4 is 28.9 Å². The number of piperidine rings is 1. The van der Waals surface area contributed by atoms with Crippen molar-refractivity contribution in [1.82, 2.24) is 19.7 Å². The highest BCUT2D eigenvalue weighted by Gasteiger charge is 2.51. The molecule has 0 bridgehead atoms. The van der Waals surface area contributed by atoms with Gasteiger partial charge in [-0.15, -0.1) is 0 Å². The SMILES string of the molecule is COc1ccc(CN2C(=O)O[C@@H](C(F)(F)F)c3c(-c4nn(CC5(F)CCN(C(=O)OC(C)(C)C)CC5)c5cc(C(F)(F)F)ccc45)ccnc32)cc1. The standard InChI is InChI=1S/C35H34F7N5O5/c1-32(2,3)52-30(48)45-15-12-33(36,13-16-45)19-47-25-17-21(34(37,38)39)7-10-23(25)27(44-47)24-11-14-43-29-26(24)28(35(40,41)42)51-31(49)46(29)18-20-5-8-22(50-4)9-6-20/h5-11,14,17,28H,12-13,15-16,18-19H2,1-4H3/t28-/m1/s1. The first-order chi connectivity index (χ1) is 24.3. The molecule has 52 heavy (non-hydrogen) atoms. The Hall–Kier alpha value is -5.09. The van der Waals surface area contributed by atoms with Crippen LogP contribution in [0.1, 0.15) is 56.4 Å². The Morgan fingerprint density at radius 3 is 2.27 bits per heavy atom. The quantitative estimate of drug-likeness (QED) is 0.183. The molecule has 2 aromatic heterocycles. The summed E-state index contributed by atoms with van der Waals surface area (Å²) in [5.41, 5.74) is -4.62.